The summed E-state index contributed by atoms with van der Waals surface area (Å²) in [5.74, 6) is 0. The van der Waals surface area contributed by atoms with Crippen LogP contribution in [0.25, 0.3) is 0 Å². The van der Waals surface area contributed by atoms with Gasteiger partial charge in [-0.2, -0.15) is 10.2 Å². The SMILES string of the molecule is Cc1nn(Cc2c(Cl)cccc2Cl)c(C)c1/C=N\NC(N)=O. The summed E-state index contributed by atoms with van der Waals surface area (Å²) in [6.07, 6.45) is 1.51. The van der Waals surface area contributed by atoms with Gasteiger partial charge in [0, 0.05) is 26.9 Å². The summed E-state index contributed by atoms with van der Waals surface area (Å²) in [6, 6.07) is 4.64. The highest BCUT2D eigenvalue weighted by Crippen LogP contribution is 2.26. The molecule has 0 saturated heterocycles. The minimum absolute atomic E-state index is 0.447. The Kier molecular flexibility index (Phi) is 5.05. The molecule has 1 heterocycles. The Morgan fingerprint density at radius 2 is 2.05 bits per heavy atom. The van der Waals surface area contributed by atoms with Crippen LogP contribution in [0, 0.1) is 13.8 Å². The van der Waals surface area contributed by atoms with Crippen LogP contribution in [-0.4, -0.2) is 22.0 Å². The Balaban J connectivity index is 2.30. The number of aromatic nitrogens is 2. The second-order valence-corrected chi connectivity index (χ2v) is 5.49. The predicted molar refractivity (Wildman–Crippen MR) is 87.6 cm³/mol. The molecule has 2 rings (SSSR count). The van der Waals surface area contributed by atoms with Gasteiger partial charge in [-0.25, -0.2) is 10.2 Å². The summed E-state index contributed by atoms with van der Waals surface area (Å²) >= 11 is 12.4. The number of nitrogens with two attached hydrogens (primary N) is 1. The van der Waals surface area contributed by atoms with Gasteiger partial charge in [0.25, 0.3) is 0 Å². The Labute approximate surface area is 137 Å². The Morgan fingerprint density at radius 3 is 2.64 bits per heavy atom. The first kappa shape index (κ1) is 16.3. The van der Waals surface area contributed by atoms with E-state index in [0.717, 1.165) is 22.5 Å². The third-order valence-electron chi connectivity index (χ3n) is 3.18. The highest BCUT2D eigenvalue weighted by molar-refractivity contribution is 6.35. The van der Waals surface area contributed by atoms with E-state index in [0.29, 0.717) is 16.6 Å². The molecule has 0 unspecified atom stereocenters. The van der Waals surface area contributed by atoms with E-state index in [-0.39, 0.29) is 0 Å². The van der Waals surface area contributed by atoms with Gasteiger partial charge in [-0.05, 0) is 26.0 Å². The minimum atomic E-state index is -0.721. The fraction of sp³-hybridized carbons (Fsp3) is 0.214. The number of rotatable bonds is 4. The first-order valence-electron chi connectivity index (χ1n) is 6.45. The molecule has 1 aromatic heterocycles. The largest absolute Gasteiger partial charge is 0.350 e. The van der Waals surface area contributed by atoms with Crippen LogP contribution >= 0.6 is 23.2 Å². The molecule has 0 bridgehead atoms. The number of hydrazone groups is 1. The average Bonchev–Trinajstić information content (AvgIpc) is 2.70. The molecule has 0 fully saturated rings. The number of nitrogens with zero attached hydrogens (tertiary/aromatic N) is 3. The van der Waals surface area contributed by atoms with E-state index in [1.165, 1.54) is 6.21 Å². The van der Waals surface area contributed by atoms with Crippen molar-refractivity contribution < 1.29 is 4.79 Å². The average molecular weight is 340 g/mol. The number of carbonyl (C=O) groups excluding carboxylic acids is 1. The lowest BCUT2D eigenvalue weighted by Crippen LogP contribution is -2.24. The molecule has 1 aromatic carbocycles. The quantitative estimate of drug-likeness (QED) is 0.662. The van der Waals surface area contributed by atoms with Crippen LogP contribution in [0.2, 0.25) is 10.0 Å². The maximum Gasteiger partial charge on any atom is 0.332 e. The maximum absolute atomic E-state index is 10.6. The zero-order valence-corrected chi connectivity index (χ0v) is 13.6. The fourth-order valence-electron chi connectivity index (χ4n) is 2.05. The number of halogens is 2. The molecular weight excluding hydrogens is 325 g/mol. The van der Waals surface area contributed by atoms with Gasteiger partial charge in [0.15, 0.2) is 0 Å². The van der Waals surface area contributed by atoms with Gasteiger partial charge >= 0.3 is 6.03 Å². The van der Waals surface area contributed by atoms with Crippen LogP contribution in [0.3, 0.4) is 0 Å². The fourth-order valence-corrected chi connectivity index (χ4v) is 2.56. The van der Waals surface area contributed by atoms with Gasteiger partial charge in [-0.15, -0.1) is 0 Å². The molecular formula is C14H15Cl2N5O. The van der Waals surface area contributed by atoms with E-state index in [4.69, 9.17) is 28.9 Å². The molecule has 0 aliphatic heterocycles. The Bertz CT molecular complexity index is 719. The van der Waals surface area contributed by atoms with E-state index in [2.05, 4.69) is 15.6 Å². The molecule has 6 nitrogen and oxygen atoms in total. The number of amides is 2. The van der Waals surface area contributed by atoms with Crippen LogP contribution < -0.4 is 11.2 Å². The number of nitrogens with one attached hydrogen (secondary N) is 1. The number of hydrogen-bond donors (Lipinski definition) is 2. The maximum atomic E-state index is 10.6. The molecule has 2 amide bonds. The highest BCUT2D eigenvalue weighted by atomic mass is 35.5. The summed E-state index contributed by atoms with van der Waals surface area (Å²) in [5.41, 5.74) is 10.4. The van der Waals surface area contributed by atoms with Crippen LogP contribution in [0.4, 0.5) is 4.79 Å². The third kappa shape index (κ3) is 3.58. The summed E-state index contributed by atoms with van der Waals surface area (Å²) in [5, 5.41) is 9.39. The van der Waals surface area contributed by atoms with E-state index < -0.39 is 6.03 Å². The topological polar surface area (TPSA) is 85.3 Å². The molecule has 22 heavy (non-hydrogen) atoms. The molecule has 0 saturated carbocycles. The van der Waals surface area contributed by atoms with Crippen molar-refractivity contribution in [2.45, 2.75) is 20.4 Å². The lowest BCUT2D eigenvalue weighted by Gasteiger charge is -2.08. The van der Waals surface area contributed by atoms with Crippen molar-refractivity contribution in [1.82, 2.24) is 15.2 Å². The van der Waals surface area contributed by atoms with E-state index in [1.807, 2.05) is 13.8 Å². The van der Waals surface area contributed by atoms with Crippen molar-refractivity contribution >= 4 is 35.4 Å². The summed E-state index contributed by atoms with van der Waals surface area (Å²) < 4.78 is 1.79. The summed E-state index contributed by atoms with van der Waals surface area (Å²) in [4.78, 5) is 10.6. The summed E-state index contributed by atoms with van der Waals surface area (Å²) in [7, 11) is 0. The van der Waals surface area contributed by atoms with E-state index in [1.54, 1.807) is 22.9 Å². The predicted octanol–water partition coefficient (Wildman–Crippen LogP) is 2.86. The molecule has 0 spiro atoms. The van der Waals surface area contributed by atoms with E-state index >= 15 is 0 Å². The standard InChI is InChI=1S/C14H15Cl2N5O/c1-8-10(6-18-19-14(17)22)9(2)21(20-8)7-11-12(15)4-3-5-13(11)16/h3-6H,7H2,1-2H3,(H3,17,19,22)/b18-6-. The normalized spacial score (nSPS) is 11.1. The van der Waals surface area contributed by atoms with Crippen molar-refractivity contribution in [3.63, 3.8) is 0 Å². The lowest BCUT2D eigenvalue weighted by molar-refractivity contribution is 0.249. The Morgan fingerprint density at radius 1 is 1.41 bits per heavy atom. The number of carbonyl (C=O) groups is 1. The minimum Gasteiger partial charge on any atom is -0.350 e. The summed E-state index contributed by atoms with van der Waals surface area (Å²) in [6.45, 7) is 4.20. The van der Waals surface area contributed by atoms with Crippen LogP contribution in [-0.2, 0) is 6.54 Å². The van der Waals surface area contributed by atoms with Crippen molar-refractivity contribution in [1.29, 1.82) is 0 Å². The molecule has 0 aliphatic rings. The van der Waals surface area contributed by atoms with Crippen molar-refractivity contribution in [2.24, 2.45) is 10.8 Å². The van der Waals surface area contributed by atoms with Crippen LogP contribution in [0.1, 0.15) is 22.5 Å². The van der Waals surface area contributed by atoms with Crippen LogP contribution in [0.15, 0.2) is 23.3 Å². The van der Waals surface area contributed by atoms with Gasteiger partial charge in [0.05, 0.1) is 18.5 Å². The van der Waals surface area contributed by atoms with E-state index in [9.17, 15) is 4.79 Å². The monoisotopic (exact) mass is 339 g/mol. The molecule has 0 atom stereocenters. The molecule has 3 N–H and O–H groups in total. The van der Waals surface area contributed by atoms with Crippen molar-refractivity contribution in [3.8, 4) is 0 Å². The van der Waals surface area contributed by atoms with Gasteiger partial charge < -0.3 is 5.73 Å². The second kappa shape index (κ2) is 6.81. The number of aryl methyl sites for hydroxylation is 1. The number of urea groups is 1. The van der Waals surface area contributed by atoms with Gasteiger partial charge in [-0.3, -0.25) is 4.68 Å². The molecule has 0 radical (unpaired) electrons. The van der Waals surface area contributed by atoms with Crippen molar-refractivity contribution in [2.75, 3.05) is 0 Å². The lowest BCUT2D eigenvalue weighted by atomic mass is 10.2. The van der Waals surface area contributed by atoms with Crippen molar-refractivity contribution in [3.05, 3.63) is 50.8 Å². The smallest absolute Gasteiger partial charge is 0.332 e. The first-order chi connectivity index (χ1) is 10.4. The molecule has 116 valence electrons. The number of primary amides is 1. The van der Waals surface area contributed by atoms with Gasteiger partial charge in [0.1, 0.15) is 0 Å². The highest BCUT2D eigenvalue weighted by Gasteiger charge is 2.13. The van der Waals surface area contributed by atoms with Gasteiger partial charge in [-0.1, -0.05) is 29.3 Å². The zero-order chi connectivity index (χ0) is 16.3. The number of benzene rings is 1. The zero-order valence-electron chi connectivity index (χ0n) is 12.1. The van der Waals surface area contributed by atoms with Gasteiger partial charge in [0.2, 0.25) is 0 Å². The molecule has 2 aromatic rings. The molecule has 8 heteroatoms. The first-order valence-corrected chi connectivity index (χ1v) is 7.21. The number of hydrogen-bond acceptors (Lipinski definition) is 3. The molecule has 0 aliphatic carbocycles. The Hall–Kier alpha value is -2.05. The second-order valence-electron chi connectivity index (χ2n) is 4.68. The van der Waals surface area contributed by atoms with Crippen LogP contribution in [0.5, 0.6) is 0 Å². The third-order valence-corrected chi connectivity index (χ3v) is 3.88.